The van der Waals surface area contributed by atoms with Gasteiger partial charge in [0.05, 0.1) is 18.8 Å². The summed E-state index contributed by atoms with van der Waals surface area (Å²) in [5, 5.41) is 3.49. The number of ether oxygens (including phenoxy) is 2. The van der Waals surface area contributed by atoms with Crippen molar-refractivity contribution in [2.24, 2.45) is 5.92 Å². The number of rotatable bonds is 9. The molecule has 1 aliphatic rings. The first-order chi connectivity index (χ1) is 9.02. The van der Waals surface area contributed by atoms with Crippen LogP contribution in [0.5, 0.6) is 0 Å². The summed E-state index contributed by atoms with van der Waals surface area (Å²) >= 11 is 0. The highest BCUT2D eigenvalue weighted by Crippen LogP contribution is 2.20. The van der Waals surface area contributed by atoms with Crippen LogP contribution in [0.2, 0.25) is 0 Å². The molecule has 1 rings (SSSR count). The van der Waals surface area contributed by atoms with Gasteiger partial charge in [-0.25, -0.2) is 0 Å². The third-order valence-electron chi connectivity index (χ3n) is 3.77. The zero-order valence-electron chi connectivity index (χ0n) is 13.3. The highest BCUT2D eigenvalue weighted by Gasteiger charge is 2.26. The van der Waals surface area contributed by atoms with Gasteiger partial charge in [0.1, 0.15) is 0 Å². The minimum absolute atomic E-state index is 0.384. The Morgan fingerprint density at radius 1 is 1.26 bits per heavy atom. The number of nitrogens with one attached hydrogen (secondary N) is 1. The highest BCUT2D eigenvalue weighted by molar-refractivity contribution is 4.78. The summed E-state index contributed by atoms with van der Waals surface area (Å²) in [5.41, 5.74) is 0. The molecule has 0 radical (unpaired) electrons. The number of hydrogen-bond donors (Lipinski definition) is 1. The molecular weight excluding hydrogens is 240 g/mol. The van der Waals surface area contributed by atoms with Crippen molar-refractivity contribution < 1.29 is 9.47 Å². The Balaban J connectivity index is 2.17. The van der Waals surface area contributed by atoms with E-state index >= 15 is 0 Å². The second-order valence-electron chi connectivity index (χ2n) is 6.25. The summed E-state index contributed by atoms with van der Waals surface area (Å²) in [4.78, 5) is 2.33. The van der Waals surface area contributed by atoms with Crippen LogP contribution in [-0.2, 0) is 9.47 Å². The predicted octanol–water partition coefficient (Wildman–Crippen LogP) is 1.75. The van der Waals surface area contributed by atoms with E-state index in [1.807, 2.05) is 0 Å². The molecule has 19 heavy (non-hydrogen) atoms. The fraction of sp³-hybridized carbons (Fsp3) is 1.00. The van der Waals surface area contributed by atoms with E-state index in [9.17, 15) is 0 Å². The molecule has 1 N–H and O–H groups in total. The van der Waals surface area contributed by atoms with E-state index in [4.69, 9.17) is 9.47 Å². The fourth-order valence-corrected chi connectivity index (χ4v) is 2.47. The molecule has 4 nitrogen and oxygen atoms in total. The molecule has 3 unspecified atom stereocenters. The largest absolute Gasteiger partial charge is 0.383 e. The van der Waals surface area contributed by atoms with E-state index in [2.05, 4.69) is 38.0 Å². The van der Waals surface area contributed by atoms with Crippen molar-refractivity contribution in [1.29, 1.82) is 0 Å². The summed E-state index contributed by atoms with van der Waals surface area (Å²) in [6.45, 7) is 10.5. The van der Waals surface area contributed by atoms with Gasteiger partial charge in [0.25, 0.3) is 0 Å². The van der Waals surface area contributed by atoms with Crippen LogP contribution >= 0.6 is 0 Å². The zero-order chi connectivity index (χ0) is 14.3. The molecule has 3 atom stereocenters. The maximum Gasteiger partial charge on any atom is 0.0707 e. The Morgan fingerprint density at radius 2 is 1.95 bits per heavy atom. The van der Waals surface area contributed by atoms with Gasteiger partial charge in [-0.15, -0.1) is 0 Å². The van der Waals surface area contributed by atoms with Crippen molar-refractivity contribution in [3.8, 4) is 0 Å². The summed E-state index contributed by atoms with van der Waals surface area (Å²) in [6.07, 6.45) is 3.14. The molecule has 0 aliphatic carbocycles. The van der Waals surface area contributed by atoms with E-state index in [1.54, 1.807) is 7.11 Å². The lowest BCUT2D eigenvalue weighted by Gasteiger charge is -2.27. The molecule has 0 amide bonds. The van der Waals surface area contributed by atoms with Crippen LogP contribution in [-0.4, -0.2) is 63.5 Å². The van der Waals surface area contributed by atoms with Crippen molar-refractivity contribution in [1.82, 2.24) is 10.2 Å². The lowest BCUT2D eigenvalue weighted by atomic mass is 10.1. The van der Waals surface area contributed by atoms with Crippen LogP contribution in [0.1, 0.15) is 33.6 Å². The van der Waals surface area contributed by atoms with Crippen molar-refractivity contribution in [2.75, 3.05) is 40.4 Å². The second-order valence-corrected chi connectivity index (χ2v) is 6.25. The molecule has 0 bridgehead atoms. The van der Waals surface area contributed by atoms with Gasteiger partial charge in [-0.05, 0) is 39.3 Å². The van der Waals surface area contributed by atoms with Crippen molar-refractivity contribution >= 4 is 0 Å². The van der Waals surface area contributed by atoms with Gasteiger partial charge in [-0.1, -0.05) is 13.8 Å². The number of hydrogen-bond acceptors (Lipinski definition) is 4. The third kappa shape index (κ3) is 6.70. The SMILES string of the molecule is COCC(C)N(C)CC1CCC(CNCC(C)C)O1. The average molecular weight is 272 g/mol. The topological polar surface area (TPSA) is 33.7 Å². The summed E-state index contributed by atoms with van der Waals surface area (Å²) in [5.74, 6) is 0.707. The quantitative estimate of drug-likeness (QED) is 0.693. The fourth-order valence-electron chi connectivity index (χ4n) is 2.47. The summed E-state index contributed by atoms with van der Waals surface area (Å²) in [7, 11) is 3.91. The van der Waals surface area contributed by atoms with Crippen LogP contribution < -0.4 is 5.32 Å². The number of methoxy groups -OCH3 is 1. The van der Waals surface area contributed by atoms with Crippen LogP contribution in [0.4, 0.5) is 0 Å². The molecule has 4 heteroatoms. The maximum atomic E-state index is 6.10. The first-order valence-electron chi connectivity index (χ1n) is 7.58. The number of likely N-dealkylation sites (N-methyl/N-ethyl adjacent to an activating group) is 1. The molecule has 0 aromatic rings. The van der Waals surface area contributed by atoms with Gasteiger partial charge in [0, 0.05) is 26.2 Å². The van der Waals surface area contributed by atoms with Gasteiger partial charge in [0.15, 0.2) is 0 Å². The Bertz CT molecular complexity index is 236. The van der Waals surface area contributed by atoms with E-state index in [-0.39, 0.29) is 0 Å². The molecule has 114 valence electrons. The molecule has 1 heterocycles. The van der Waals surface area contributed by atoms with E-state index in [0.717, 1.165) is 26.2 Å². The smallest absolute Gasteiger partial charge is 0.0707 e. The zero-order valence-corrected chi connectivity index (χ0v) is 13.3. The summed E-state index contributed by atoms with van der Waals surface area (Å²) in [6, 6.07) is 0.451. The maximum absolute atomic E-state index is 6.10. The molecule has 1 fully saturated rings. The lowest BCUT2D eigenvalue weighted by molar-refractivity contribution is 0.0136. The normalized spacial score (nSPS) is 25.4. The van der Waals surface area contributed by atoms with Gasteiger partial charge in [-0.3, -0.25) is 4.90 Å². The molecular formula is C15H32N2O2. The monoisotopic (exact) mass is 272 g/mol. The highest BCUT2D eigenvalue weighted by atomic mass is 16.5. The van der Waals surface area contributed by atoms with Gasteiger partial charge < -0.3 is 14.8 Å². The minimum Gasteiger partial charge on any atom is -0.383 e. The van der Waals surface area contributed by atoms with Crippen LogP contribution in [0.3, 0.4) is 0 Å². The first kappa shape index (κ1) is 16.9. The molecule has 1 aliphatic heterocycles. The van der Waals surface area contributed by atoms with E-state index in [0.29, 0.717) is 24.2 Å². The molecule has 0 aromatic heterocycles. The Kier molecular flexibility index (Phi) is 7.91. The Morgan fingerprint density at radius 3 is 2.58 bits per heavy atom. The van der Waals surface area contributed by atoms with Crippen molar-refractivity contribution in [3.05, 3.63) is 0 Å². The van der Waals surface area contributed by atoms with Crippen LogP contribution in [0, 0.1) is 5.92 Å². The van der Waals surface area contributed by atoms with Crippen LogP contribution in [0.15, 0.2) is 0 Å². The molecule has 0 saturated carbocycles. The Labute approximate surface area is 118 Å². The van der Waals surface area contributed by atoms with E-state index in [1.165, 1.54) is 12.8 Å². The van der Waals surface area contributed by atoms with Gasteiger partial charge >= 0.3 is 0 Å². The Hall–Kier alpha value is -0.160. The van der Waals surface area contributed by atoms with Crippen LogP contribution in [0.25, 0.3) is 0 Å². The first-order valence-corrected chi connectivity index (χ1v) is 7.58. The average Bonchev–Trinajstić information content (AvgIpc) is 2.76. The second kappa shape index (κ2) is 8.90. The minimum atomic E-state index is 0.384. The third-order valence-corrected chi connectivity index (χ3v) is 3.77. The van der Waals surface area contributed by atoms with Gasteiger partial charge in [0.2, 0.25) is 0 Å². The standard InChI is InChI=1S/C15H32N2O2/c1-12(2)8-16-9-14-6-7-15(19-14)10-17(4)13(3)11-18-5/h12-16H,6-11H2,1-5H3. The molecule has 0 aromatic carbocycles. The predicted molar refractivity (Wildman–Crippen MR) is 79.6 cm³/mol. The molecule has 0 spiro atoms. The van der Waals surface area contributed by atoms with Crippen molar-refractivity contribution in [3.63, 3.8) is 0 Å². The number of nitrogens with zero attached hydrogens (tertiary/aromatic N) is 1. The molecule has 1 saturated heterocycles. The lowest BCUT2D eigenvalue weighted by Crippen LogP contribution is -2.39. The van der Waals surface area contributed by atoms with Crippen molar-refractivity contribution in [2.45, 2.75) is 51.9 Å². The summed E-state index contributed by atoms with van der Waals surface area (Å²) < 4.78 is 11.3. The van der Waals surface area contributed by atoms with E-state index < -0.39 is 0 Å². The van der Waals surface area contributed by atoms with Gasteiger partial charge in [-0.2, -0.15) is 0 Å².